The lowest BCUT2D eigenvalue weighted by Crippen LogP contribution is -2.47. The Balaban J connectivity index is 2.08. The Morgan fingerprint density at radius 2 is 2.31 bits per heavy atom. The van der Waals surface area contributed by atoms with E-state index in [-0.39, 0.29) is 11.7 Å². The van der Waals surface area contributed by atoms with Crippen molar-refractivity contribution >= 4 is 21.8 Å². The molecule has 16 heavy (non-hydrogen) atoms. The van der Waals surface area contributed by atoms with Crippen LogP contribution >= 0.6 is 15.9 Å². The van der Waals surface area contributed by atoms with Gasteiger partial charge in [-0.3, -0.25) is 9.69 Å². The predicted molar refractivity (Wildman–Crippen MR) is 62.4 cm³/mol. The van der Waals surface area contributed by atoms with E-state index in [2.05, 4.69) is 21.2 Å². The molecule has 1 N–H and O–H groups in total. The van der Waals surface area contributed by atoms with Crippen molar-refractivity contribution < 1.29 is 9.18 Å². The maximum Gasteiger partial charge on any atom is 0.234 e. The number of piperazine rings is 1. The highest BCUT2D eigenvalue weighted by Crippen LogP contribution is 2.21. The van der Waals surface area contributed by atoms with Gasteiger partial charge in [-0.25, -0.2) is 4.39 Å². The molecule has 0 aliphatic carbocycles. The second kappa shape index (κ2) is 4.93. The summed E-state index contributed by atoms with van der Waals surface area (Å²) in [6.45, 7) is 2.43. The normalized spacial score (nSPS) is 17.2. The van der Waals surface area contributed by atoms with Crippen molar-refractivity contribution in [3.63, 3.8) is 0 Å². The summed E-state index contributed by atoms with van der Waals surface area (Å²) in [5.74, 6) is -0.238. The van der Waals surface area contributed by atoms with Gasteiger partial charge in [0.1, 0.15) is 5.82 Å². The van der Waals surface area contributed by atoms with Crippen molar-refractivity contribution in [2.75, 3.05) is 19.6 Å². The van der Waals surface area contributed by atoms with Gasteiger partial charge in [-0.05, 0) is 27.6 Å². The van der Waals surface area contributed by atoms with Gasteiger partial charge in [0.05, 0.1) is 11.0 Å². The maximum atomic E-state index is 13.3. The van der Waals surface area contributed by atoms with E-state index in [1.54, 1.807) is 6.07 Å². The number of halogens is 2. The molecule has 1 aromatic rings. The first-order valence-corrected chi connectivity index (χ1v) is 5.88. The predicted octanol–water partition coefficient (Wildman–Crippen LogP) is 1.52. The van der Waals surface area contributed by atoms with Crippen molar-refractivity contribution in [1.29, 1.82) is 0 Å². The third kappa shape index (κ3) is 2.59. The van der Waals surface area contributed by atoms with Gasteiger partial charge in [-0.1, -0.05) is 12.1 Å². The van der Waals surface area contributed by atoms with Crippen LogP contribution in [0.25, 0.3) is 0 Å². The largest absolute Gasteiger partial charge is 0.354 e. The Hall–Kier alpha value is -0.940. The lowest BCUT2D eigenvalue weighted by molar-refractivity contribution is -0.124. The average molecular weight is 287 g/mol. The third-order valence-electron chi connectivity index (χ3n) is 2.54. The molecule has 0 unspecified atom stereocenters. The van der Waals surface area contributed by atoms with Crippen LogP contribution in [0.2, 0.25) is 0 Å². The molecule has 2 rings (SSSR count). The number of benzene rings is 1. The van der Waals surface area contributed by atoms with Gasteiger partial charge < -0.3 is 5.32 Å². The molecular weight excluding hydrogens is 275 g/mol. The SMILES string of the molecule is O=C1CN(Cc2cccc(F)c2Br)CCN1. The molecular formula is C11H12BrFN2O. The third-order valence-corrected chi connectivity index (χ3v) is 3.43. The van der Waals surface area contributed by atoms with Crippen LogP contribution in [0, 0.1) is 5.82 Å². The van der Waals surface area contributed by atoms with E-state index in [9.17, 15) is 9.18 Å². The van der Waals surface area contributed by atoms with Crippen molar-refractivity contribution in [2.45, 2.75) is 6.54 Å². The molecule has 86 valence electrons. The average Bonchev–Trinajstić information content (AvgIpc) is 2.25. The van der Waals surface area contributed by atoms with Crippen molar-refractivity contribution in [1.82, 2.24) is 10.2 Å². The summed E-state index contributed by atoms with van der Waals surface area (Å²) < 4.78 is 13.8. The van der Waals surface area contributed by atoms with Crippen molar-refractivity contribution in [2.24, 2.45) is 0 Å². The molecule has 0 aromatic heterocycles. The van der Waals surface area contributed by atoms with E-state index in [1.165, 1.54) is 6.07 Å². The molecule has 5 heteroatoms. The molecule has 0 atom stereocenters. The van der Waals surface area contributed by atoms with Gasteiger partial charge in [0.15, 0.2) is 0 Å². The van der Waals surface area contributed by atoms with E-state index in [0.717, 1.165) is 12.1 Å². The van der Waals surface area contributed by atoms with Gasteiger partial charge in [0, 0.05) is 19.6 Å². The van der Waals surface area contributed by atoms with Crippen LogP contribution in [0.15, 0.2) is 22.7 Å². The fourth-order valence-corrected chi connectivity index (χ4v) is 2.13. The van der Waals surface area contributed by atoms with Crippen LogP contribution < -0.4 is 5.32 Å². The zero-order chi connectivity index (χ0) is 11.5. The molecule has 0 saturated carbocycles. The Morgan fingerprint density at radius 3 is 3.06 bits per heavy atom. The Bertz CT molecular complexity index is 411. The minimum absolute atomic E-state index is 0.0266. The molecule has 3 nitrogen and oxygen atoms in total. The van der Waals surface area contributed by atoms with Crippen LogP contribution in [0.1, 0.15) is 5.56 Å². The monoisotopic (exact) mass is 286 g/mol. The number of carbonyl (C=O) groups excluding carboxylic acids is 1. The standard InChI is InChI=1S/C11H12BrFN2O/c12-11-8(2-1-3-9(11)13)6-15-5-4-14-10(16)7-15/h1-3H,4-7H2,(H,14,16). The fraction of sp³-hybridized carbons (Fsp3) is 0.364. The summed E-state index contributed by atoms with van der Waals surface area (Å²) in [6, 6.07) is 4.95. The summed E-state index contributed by atoms with van der Waals surface area (Å²) >= 11 is 3.22. The van der Waals surface area contributed by atoms with E-state index in [1.807, 2.05) is 11.0 Å². The highest BCUT2D eigenvalue weighted by atomic mass is 79.9. The highest BCUT2D eigenvalue weighted by Gasteiger charge is 2.17. The second-order valence-electron chi connectivity index (χ2n) is 3.77. The topological polar surface area (TPSA) is 32.3 Å². The zero-order valence-electron chi connectivity index (χ0n) is 8.67. The number of hydrogen-bond donors (Lipinski definition) is 1. The molecule has 1 amide bonds. The Kier molecular flexibility index (Phi) is 3.56. The van der Waals surface area contributed by atoms with Crippen LogP contribution in [0.4, 0.5) is 4.39 Å². The number of hydrogen-bond acceptors (Lipinski definition) is 2. The fourth-order valence-electron chi connectivity index (χ4n) is 1.74. The van der Waals surface area contributed by atoms with Crippen LogP contribution in [0.5, 0.6) is 0 Å². The lowest BCUT2D eigenvalue weighted by Gasteiger charge is -2.26. The van der Waals surface area contributed by atoms with Gasteiger partial charge in [-0.15, -0.1) is 0 Å². The molecule has 1 aliphatic heterocycles. The smallest absolute Gasteiger partial charge is 0.234 e. The summed E-state index contributed by atoms with van der Waals surface area (Å²) in [6.07, 6.45) is 0. The van der Waals surface area contributed by atoms with Gasteiger partial charge in [0.2, 0.25) is 5.91 Å². The summed E-state index contributed by atoms with van der Waals surface area (Å²) in [4.78, 5) is 13.2. The quantitative estimate of drug-likeness (QED) is 0.894. The number of nitrogens with one attached hydrogen (secondary N) is 1. The van der Waals surface area contributed by atoms with Crippen LogP contribution in [0.3, 0.4) is 0 Å². The van der Waals surface area contributed by atoms with Crippen molar-refractivity contribution in [3.05, 3.63) is 34.1 Å². The van der Waals surface area contributed by atoms with Gasteiger partial charge in [0.25, 0.3) is 0 Å². The summed E-state index contributed by atoms with van der Waals surface area (Å²) in [7, 11) is 0. The molecule has 1 heterocycles. The molecule has 1 fully saturated rings. The van der Waals surface area contributed by atoms with Gasteiger partial charge in [-0.2, -0.15) is 0 Å². The first kappa shape index (κ1) is 11.5. The van der Waals surface area contributed by atoms with Crippen molar-refractivity contribution in [3.8, 4) is 0 Å². The molecule has 1 aromatic carbocycles. The molecule has 0 bridgehead atoms. The molecule has 1 saturated heterocycles. The highest BCUT2D eigenvalue weighted by molar-refractivity contribution is 9.10. The number of amides is 1. The Labute approximate surface area is 102 Å². The number of rotatable bonds is 2. The molecule has 0 radical (unpaired) electrons. The molecule has 0 spiro atoms. The minimum Gasteiger partial charge on any atom is -0.354 e. The minimum atomic E-state index is -0.265. The maximum absolute atomic E-state index is 13.3. The van der Waals surface area contributed by atoms with E-state index >= 15 is 0 Å². The van der Waals surface area contributed by atoms with Crippen LogP contribution in [-0.2, 0) is 11.3 Å². The van der Waals surface area contributed by atoms with E-state index in [0.29, 0.717) is 24.1 Å². The first-order valence-electron chi connectivity index (χ1n) is 5.09. The summed E-state index contributed by atoms with van der Waals surface area (Å²) in [5, 5.41) is 2.76. The molecule has 1 aliphatic rings. The van der Waals surface area contributed by atoms with E-state index in [4.69, 9.17) is 0 Å². The number of nitrogens with zero attached hydrogens (tertiary/aromatic N) is 1. The Morgan fingerprint density at radius 1 is 1.50 bits per heavy atom. The first-order chi connectivity index (χ1) is 7.66. The second-order valence-corrected chi connectivity index (χ2v) is 4.57. The van der Waals surface area contributed by atoms with Gasteiger partial charge >= 0.3 is 0 Å². The summed E-state index contributed by atoms with van der Waals surface area (Å²) in [5.41, 5.74) is 0.870. The lowest BCUT2D eigenvalue weighted by atomic mass is 10.2. The van der Waals surface area contributed by atoms with Crippen LogP contribution in [-0.4, -0.2) is 30.4 Å². The van der Waals surface area contributed by atoms with E-state index < -0.39 is 0 Å². The number of carbonyl (C=O) groups is 1. The zero-order valence-corrected chi connectivity index (χ0v) is 10.3.